The van der Waals surface area contributed by atoms with Crippen LogP contribution in [0.1, 0.15) is 10.4 Å². The van der Waals surface area contributed by atoms with Gasteiger partial charge < -0.3 is 15.1 Å². The van der Waals surface area contributed by atoms with Crippen LogP contribution >= 0.6 is 0 Å². The maximum atomic E-state index is 13.0. The Balaban J connectivity index is 2.32. The van der Waals surface area contributed by atoms with Gasteiger partial charge in [-0.2, -0.15) is 0 Å². The van der Waals surface area contributed by atoms with Crippen molar-refractivity contribution in [3.8, 4) is 0 Å². The molecule has 7 nitrogen and oxygen atoms in total. The molecule has 1 amide bonds. The molecule has 0 saturated carbocycles. The first-order chi connectivity index (χ1) is 8.90. The SMILES string of the molecule is O=C(c1ccc(F)cc1[N+](=O)[O-])N1CC(O)C(O)C1. The van der Waals surface area contributed by atoms with E-state index >= 15 is 0 Å². The fourth-order valence-electron chi connectivity index (χ4n) is 1.94. The zero-order chi connectivity index (χ0) is 14.2. The standard InChI is InChI=1S/C11H11FN2O5/c12-6-1-2-7(8(3-6)14(18)19)11(17)13-4-9(15)10(16)5-13/h1-3,9-10,15-16H,4-5H2. The van der Waals surface area contributed by atoms with E-state index in [1.54, 1.807) is 0 Å². The lowest BCUT2D eigenvalue weighted by molar-refractivity contribution is -0.385. The summed E-state index contributed by atoms with van der Waals surface area (Å²) in [6, 6.07) is 2.63. The van der Waals surface area contributed by atoms with Crippen molar-refractivity contribution in [2.75, 3.05) is 13.1 Å². The largest absolute Gasteiger partial charge is 0.388 e. The van der Waals surface area contributed by atoms with Crippen molar-refractivity contribution in [3.63, 3.8) is 0 Å². The molecule has 1 saturated heterocycles. The Morgan fingerprint density at radius 2 is 1.95 bits per heavy atom. The molecule has 0 spiro atoms. The average molecular weight is 270 g/mol. The van der Waals surface area contributed by atoms with Gasteiger partial charge in [-0.3, -0.25) is 14.9 Å². The number of carbonyl (C=O) groups excluding carboxylic acids is 1. The number of halogens is 1. The van der Waals surface area contributed by atoms with Crippen LogP contribution in [0, 0.1) is 15.9 Å². The third-order valence-electron chi connectivity index (χ3n) is 2.93. The Morgan fingerprint density at radius 1 is 1.37 bits per heavy atom. The first-order valence-electron chi connectivity index (χ1n) is 5.49. The molecule has 0 radical (unpaired) electrons. The summed E-state index contributed by atoms with van der Waals surface area (Å²) in [7, 11) is 0. The van der Waals surface area contributed by atoms with Crippen LogP contribution in [0.4, 0.5) is 10.1 Å². The van der Waals surface area contributed by atoms with Crippen LogP contribution in [0.3, 0.4) is 0 Å². The van der Waals surface area contributed by atoms with Crippen LogP contribution in [-0.2, 0) is 0 Å². The number of nitro groups is 1. The smallest absolute Gasteiger partial charge is 0.285 e. The van der Waals surface area contributed by atoms with Crippen molar-refractivity contribution in [3.05, 3.63) is 39.7 Å². The molecule has 1 fully saturated rings. The zero-order valence-corrected chi connectivity index (χ0v) is 9.69. The number of nitro benzene ring substituents is 1. The summed E-state index contributed by atoms with van der Waals surface area (Å²) in [5.41, 5.74) is -0.909. The van der Waals surface area contributed by atoms with Gasteiger partial charge in [0.05, 0.1) is 23.2 Å². The van der Waals surface area contributed by atoms with Gasteiger partial charge in [-0.05, 0) is 12.1 Å². The molecular weight excluding hydrogens is 259 g/mol. The molecule has 0 bridgehead atoms. The molecule has 1 aromatic rings. The molecule has 8 heteroatoms. The van der Waals surface area contributed by atoms with Crippen molar-refractivity contribution in [2.24, 2.45) is 0 Å². The number of rotatable bonds is 2. The number of β-amino-alcohol motifs (C(OH)–C–C–N with tert-alkyl or cyclic N) is 2. The summed E-state index contributed by atoms with van der Waals surface area (Å²) in [6.07, 6.45) is -2.16. The molecule has 2 atom stereocenters. The Labute approximate surface area is 107 Å². The van der Waals surface area contributed by atoms with Crippen LogP contribution in [0.15, 0.2) is 18.2 Å². The number of hydrogen-bond donors (Lipinski definition) is 2. The fraction of sp³-hybridized carbons (Fsp3) is 0.364. The first kappa shape index (κ1) is 13.4. The second-order valence-corrected chi connectivity index (χ2v) is 4.26. The van der Waals surface area contributed by atoms with E-state index < -0.39 is 34.5 Å². The second-order valence-electron chi connectivity index (χ2n) is 4.26. The van der Waals surface area contributed by atoms with Crippen LogP contribution in [-0.4, -0.2) is 51.2 Å². The number of aliphatic hydroxyl groups is 2. The Morgan fingerprint density at radius 3 is 2.47 bits per heavy atom. The van der Waals surface area contributed by atoms with Gasteiger partial charge in [0, 0.05) is 13.1 Å². The van der Waals surface area contributed by atoms with Crippen LogP contribution in [0.2, 0.25) is 0 Å². The highest BCUT2D eigenvalue weighted by atomic mass is 19.1. The molecule has 19 heavy (non-hydrogen) atoms. The van der Waals surface area contributed by atoms with E-state index in [0.29, 0.717) is 6.07 Å². The molecule has 1 heterocycles. The zero-order valence-electron chi connectivity index (χ0n) is 9.69. The van der Waals surface area contributed by atoms with Gasteiger partial charge in [-0.15, -0.1) is 0 Å². The lowest BCUT2D eigenvalue weighted by Gasteiger charge is -2.15. The van der Waals surface area contributed by atoms with Gasteiger partial charge in [0.15, 0.2) is 0 Å². The third-order valence-corrected chi connectivity index (χ3v) is 2.93. The maximum absolute atomic E-state index is 13.0. The van der Waals surface area contributed by atoms with Crippen molar-refractivity contribution >= 4 is 11.6 Å². The summed E-state index contributed by atoms with van der Waals surface area (Å²) in [5, 5.41) is 29.5. The lowest BCUT2D eigenvalue weighted by Crippen LogP contribution is -2.30. The van der Waals surface area contributed by atoms with Crippen molar-refractivity contribution in [1.82, 2.24) is 4.90 Å². The number of nitrogens with zero attached hydrogens (tertiary/aromatic N) is 2. The van der Waals surface area contributed by atoms with Gasteiger partial charge in [-0.25, -0.2) is 4.39 Å². The second kappa shape index (κ2) is 4.90. The van der Waals surface area contributed by atoms with Crippen LogP contribution in [0.5, 0.6) is 0 Å². The van der Waals surface area contributed by atoms with E-state index in [-0.39, 0.29) is 18.7 Å². The number of hydrogen-bond acceptors (Lipinski definition) is 5. The van der Waals surface area contributed by atoms with Crippen molar-refractivity contribution in [2.45, 2.75) is 12.2 Å². The predicted molar refractivity (Wildman–Crippen MR) is 61.0 cm³/mol. The normalized spacial score (nSPS) is 22.6. The molecule has 1 aromatic carbocycles. The van der Waals surface area contributed by atoms with Crippen LogP contribution in [0.25, 0.3) is 0 Å². The van der Waals surface area contributed by atoms with Gasteiger partial charge in [0.1, 0.15) is 11.4 Å². The highest BCUT2D eigenvalue weighted by Gasteiger charge is 2.35. The Bertz CT molecular complexity index is 526. The summed E-state index contributed by atoms with van der Waals surface area (Å²) in [5.74, 6) is -1.54. The van der Waals surface area contributed by atoms with E-state index in [9.17, 15) is 29.5 Å². The molecule has 102 valence electrons. The van der Waals surface area contributed by atoms with Crippen molar-refractivity contribution in [1.29, 1.82) is 0 Å². The van der Waals surface area contributed by atoms with E-state index in [4.69, 9.17) is 0 Å². The van der Waals surface area contributed by atoms with E-state index in [1.807, 2.05) is 0 Å². The molecule has 1 aliphatic rings. The van der Waals surface area contributed by atoms with Gasteiger partial charge >= 0.3 is 0 Å². The number of likely N-dealkylation sites (tertiary alicyclic amines) is 1. The summed E-state index contributed by atoms with van der Waals surface area (Å²) >= 11 is 0. The third kappa shape index (κ3) is 2.54. The maximum Gasteiger partial charge on any atom is 0.285 e. The lowest BCUT2D eigenvalue weighted by atomic mass is 10.1. The molecule has 2 rings (SSSR count). The Kier molecular flexibility index (Phi) is 3.45. The number of carbonyl (C=O) groups is 1. The highest BCUT2D eigenvalue weighted by Crippen LogP contribution is 2.23. The van der Waals surface area contributed by atoms with E-state index in [0.717, 1.165) is 17.0 Å². The average Bonchev–Trinajstić information content (AvgIpc) is 2.68. The fourth-order valence-corrected chi connectivity index (χ4v) is 1.94. The van der Waals surface area contributed by atoms with Gasteiger partial charge in [-0.1, -0.05) is 0 Å². The minimum Gasteiger partial charge on any atom is -0.388 e. The number of amides is 1. The topological polar surface area (TPSA) is 104 Å². The number of benzene rings is 1. The van der Waals surface area contributed by atoms with Crippen LogP contribution < -0.4 is 0 Å². The van der Waals surface area contributed by atoms with Gasteiger partial charge in [0.25, 0.3) is 11.6 Å². The molecule has 0 aliphatic carbocycles. The molecule has 2 N–H and O–H groups in total. The predicted octanol–water partition coefficient (Wildman–Crippen LogP) is -0.0885. The Hall–Kier alpha value is -2.06. The van der Waals surface area contributed by atoms with Gasteiger partial charge in [0.2, 0.25) is 0 Å². The molecule has 0 aromatic heterocycles. The summed E-state index contributed by atoms with van der Waals surface area (Å²) < 4.78 is 13.0. The highest BCUT2D eigenvalue weighted by molar-refractivity contribution is 5.98. The monoisotopic (exact) mass is 270 g/mol. The van der Waals surface area contributed by atoms with E-state index in [1.165, 1.54) is 0 Å². The minimum absolute atomic E-state index is 0.117. The summed E-state index contributed by atoms with van der Waals surface area (Å²) in [6.45, 7) is -0.233. The molecular formula is C11H11FN2O5. The summed E-state index contributed by atoms with van der Waals surface area (Å²) in [4.78, 5) is 23.1. The minimum atomic E-state index is -1.08. The quantitative estimate of drug-likeness (QED) is 0.577. The molecule has 2 unspecified atom stereocenters. The molecule has 1 aliphatic heterocycles. The van der Waals surface area contributed by atoms with Crippen molar-refractivity contribution < 1.29 is 24.3 Å². The first-order valence-corrected chi connectivity index (χ1v) is 5.49. The number of aliphatic hydroxyl groups excluding tert-OH is 2. The van der Waals surface area contributed by atoms with E-state index in [2.05, 4.69) is 0 Å².